The molecule has 11 heteroatoms. The normalized spacial score (nSPS) is 15.3. The summed E-state index contributed by atoms with van der Waals surface area (Å²) < 4.78 is 32.7. The molecule has 1 unspecified atom stereocenters. The van der Waals surface area contributed by atoms with Gasteiger partial charge in [-0.3, -0.25) is 9.79 Å². The van der Waals surface area contributed by atoms with Crippen LogP contribution in [0.4, 0.5) is 0 Å². The lowest BCUT2D eigenvalue weighted by Gasteiger charge is -2.19. The Labute approximate surface area is 233 Å². The van der Waals surface area contributed by atoms with Crippen LogP contribution in [0.3, 0.4) is 0 Å². The van der Waals surface area contributed by atoms with Gasteiger partial charge in [0.15, 0.2) is 0 Å². The topological polar surface area (TPSA) is 100 Å². The Hall–Kier alpha value is -3.40. The molecule has 0 aliphatic carbocycles. The van der Waals surface area contributed by atoms with Crippen LogP contribution in [0.5, 0.6) is 0 Å². The van der Waals surface area contributed by atoms with Crippen molar-refractivity contribution in [3.8, 4) is 0 Å². The second-order valence-electron chi connectivity index (χ2n) is 8.07. The average Bonchev–Trinajstić information content (AvgIpc) is 3.34. The number of halogens is 2. The molecule has 0 bridgehead atoms. The van der Waals surface area contributed by atoms with E-state index >= 15 is 0 Å². The van der Waals surface area contributed by atoms with Crippen LogP contribution in [0.2, 0.25) is 10.0 Å². The lowest BCUT2D eigenvalue weighted by Crippen LogP contribution is -2.41. The van der Waals surface area contributed by atoms with Crippen molar-refractivity contribution in [2.45, 2.75) is 24.7 Å². The van der Waals surface area contributed by atoms with Gasteiger partial charge < -0.3 is 4.74 Å². The first kappa shape index (κ1) is 29.2. The van der Waals surface area contributed by atoms with Gasteiger partial charge in [-0.25, -0.2) is 18.1 Å². The van der Waals surface area contributed by atoms with Gasteiger partial charge in [-0.15, -0.1) is 0 Å². The molecule has 200 valence electrons. The van der Waals surface area contributed by atoms with E-state index in [9.17, 15) is 13.2 Å². The number of nitrogens with zero attached hydrogens (tertiary/aromatic N) is 3. The first-order chi connectivity index (χ1) is 18.1. The maximum atomic E-state index is 12.9. The quantitative estimate of drug-likeness (QED) is 0.252. The van der Waals surface area contributed by atoms with Crippen LogP contribution in [0.25, 0.3) is 0 Å². The molecule has 38 heavy (non-hydrogen) atoms. The lowest BCUT2D eigenvalue weighted by atomic mass is 9.91. The van der Waals surface area contributed by atoms with E-state index in [1.807, 2.05) is 54.6 Å². The Kier molecular flexibility index (Phi) is 10.3. The minimum Gasteiger partial charge on any atom is -0.466 e. The van der Waals surface area contributed by atoms with Gasteiger partial charge in [0.25, 0.3) is 10.0 Å². The molecule has 0 saturated carbocycles. The van der Waals surface area contributed by atoms with E-state index in [2.05, 4.69) is 14.5 Å². The molecule has 0 saturated heterocycles. The highest BCUT2D eigenvalue weighted by Crippen LogP contribution is 2.29. The van der Waals surface area contributed by atoms with Crippen LogP contribution in [0.1, 0.15) is 30.9 Å². The SMILES string of the molecule is CCOC(C)=O.CN=C(NS(=O)(=O)c1ccc(Cl)cc1)N1CC(c2ccccc2)C(c2ccc(Cl)cc2)=N1. The molecular weight excluding hydrogens is 547 g/mol. The summed E-state index contributed by atoms with van der Waals surface area (Å²) in [6, 6.07) is 23.3. The Balaban J connectivity index is 0.000000599. The molecule has 1 heterocycles. The molecule has 1 aliphatic heterocycles. The van der Waals surface area contributed by atoms with Crippen molar-refractivity contribution in [1.82, 2.24) is 9.73 Å². The molecule has 3 aromatic rings. The Morgan fingerprint density at radius 1 is 1.03 bits per heavy atom. The number of hydrazone groups is 1. The Morgan fingerprint density at radius 3 is 2.11 bits per heavy atom. The van der Waals surface area contributed by atoms with Crippen LogP contribution >= 0.6 is 23.2 Å². The lowest BCUT2D eigenvalue weighted by molar-refractivity contribution is -0.140. The molecule has 1 atom stereocenters. The molecule has 0 amide bonds. The number of esters is 1. The molecule has 0 fully saturated rings. The maximum absolute atomic E-state index is 12.9. The fraction of sp³-hybridized carbons (Fsp3) is 0.222. The summed E-state index contributed by atoms with van der Waals surface area (Å²) in [4.78, 5) is 14.1. The van der Waals surface area contributed by atoms with Crippen LogP contribution in [0.15, 0.2) is 93.9 Å². The summed E-state index contributed by atoms with van der Waals surface area (Å²) >= 11 is 11.9. The van der Waals surface area contributed by atoms with Gasteiger partial charge in [0, 0.05) is 29.9 Å². The molecule has 1 aliphatic rings. The molecule has 1 N–H and O–H groups in total. The van der Waals surface area contributed by atoms with Gasteiger partial charge >= 0.3 is 5.97 Å². The molecule has 4 rings (SSSR count). The van der Waals surface area contributed by atoms with E-state index in [1.54, 1.807) is 11.9 Å². The van der Waals surface area contributed by atoms with E-state index in [-0.39, 0.29) is 22.7 Å². The zero-order valence-corrected chi connectivity index (χ0v) is 23.5. The van der Waals surface area contributed by atoms with Gasteiger partial charge in [-0.05, 0) is 54.4 Å². The van der Waals surface area contributed by atoms with Gasteiger partial charge in [0.1, 0.15) is 0 Å². The van der Waals surface area contributed by atoms with Crippen molar-refractivity contribution < 1.29 is 17.9 Å². The first-order valence-corrected chi connectivity index (χ1v) is 13.9. The first-order valence-electron chi connectivity index (χ1n) is 11.7. The van der Waals surface area contributed by atoms with Crippen LogP contribution < -0.4 is 4.72 Å². The van der Waals surface area contributed by atoms with Gasteiger partial charge in [-0.2, -0.15) is 5.10 Å². The highest BCUT2D eigenvalue weighted by Gasteiger charge is 2.32. The summed E-state index contributed by atoms with van der Waals surface area (Å²) in [7, 11) is -2.34. The number of hydrogen-bond acceptors (Lipinski definition) is 6. The van der Waals surface area contributed by atoms with Crippen molar-refractivity contribution in [1.29, 1.82) is 0 Å². The number of hydrogen-bond donors (Lipinski definition) is 1. The van der Waals surface area contributed by atoms with Gasteiger partial charge in [-0.1, -0.05) is 65.7 Å². The predicted molar refractivity (Wildman–Crippen MR) is 151 cm³/mol. The molecule has 8 nitrogen and oxygen atoms in total. The van der Waals surface area contributed by atoms with Crippen molar-refractivity contribution in [2.24, 2.45) is 10.1 Å². The van der Waals surface area contributed by atoms with E-state index in [0.717, 1.165) is 16.8 Å². The third-order valence-corrected chi connectivity index (χ3v) is 7.26. The number of guanidine groups is 1. The van der Waals surface area contributed by atoms with E-state index in [1.165, 1.54) is 38.2 Å². The number of nitrogens with one attached hydrogen (secondary N) is 1. The minimum atomic E-state index is -3.86. The highest BCUT2D eigenvalue weighted by molar-refractivity contribution is 7.90. The smallest absolute Gasteiger partial charge is 0.302 e. The summed E-state index contributed by atoms with van der Waals surface area (Å²) in [6.45, 7) is 4.08. The third-order valence-electron chi connectivity index (χ3n) is 5.41. The second-order valence-corrected chi connectivity index (χ2v) is 10.6. The maximum Gasteiger partial charge on any atom is 0.302 e. The molecule has 0 radical (unpaired) electrons. The number of carbonyl (C=O) groups is 1. The number of rotatable bonds is 5. The van der Waals surface area contributed by atoms with E-state index in [4.69, 9.17) is 28.3 Å². The Bertz CT molecular complexity index is 1400. The second kappa shape index (κ2) is 13.4. The zero-order chi connectivity index (χ0) is 27.7. The number of carbonyl (C=O) groups excluding carboxylic acids is 1. The van der Waals surface area contributed by atoms with E-state index in [0.29, 0.717) is 23.2 Å². The molecular formula is C27H28Cl2N4O4S. The summed E-state index contributed by atoms with van der Waals surface area (Å²) in [6.07, 6.45) is 0. The van der Waals surface area contributed by atoms with E-state index < -0.39 is 10.0 Å². The fourth-order valence-corrected chi connectivity index (χ4v) is 4.97. The third kappa shape index (κ3) is 7.80. The number of ether oxygens (including phenoxy) is 1. The summed E-state index contributed by atoms with van der Waals surface area (Å²) in [5.74, 6) is -0.156. The fourth-order valence-electron chi connectivity index (χ4n) is 3.67. The van der Waals surface area contributed by atoms with Crippen molar-refractivity contribution in [2.75, 3.05) is 20.2 Å². The van der Waals surface area contributed by atoms with Gasteiger partial charge in [0.2, 0.25) is 5.96 Å². The van der Waals surface area contributed by atoms with Crippen molar-refractivity contribution in [3.05, 3.63) is 100 Å². The van der Waals surface area contributed by atoms with Crippen molar-refractivity contribution in [3.63, 3.8) is 0 Å². The number of benzene rings is 3. The number of sulfonamides is 1. The highest BCUT2D eigenvalue weighted by atomic mass is 35.5. The molecule has 0 aromatic heterocycles. The monoisotopic (exact) mass is 574 g/mol. The zero-order valence-electron chi connectivity index (χ0n) is 21.1. The van der Waals surface area contributed by atoms with Gasteiger partial charge in [0.05, 0.1) is 23.8 Å². The van der Waals surface area contributed by atoms with Crippen LogP contribution in [-0.2, 0) is 19.6 Å². The summed E-state index contributed by atoms with van der Waals surface area (Å²) in [5.41, 5.74) is 2.78. The van der Waals surface area contributed by atoms with Crippen molar-refractivity contribution >= 4 is 50.9 Å². The molecule has 0 spiro atoms. The standard InChI is InChI=1S/C23H20Cl2N4O2S.C4H8O2/c1-26-23(28-32(30,31)20-13-11-19(25)12-14-20)29-15-21(16-5-3-2-4-6-16)22(27-29)17-7-9-18(24)10-8-17;1-3-6-4(2)5/h2-14,21H,15H2,1H3,(H,26,28);3H2,1-2H3. The number of aliphatic imine (C=N–C) groups is 1. The van der Waals surface area contributed by atoms with Crippen LogP contribution in [-0.4, -0.2) is 51.3 Å². The van der Waals surface area contributed by atoms with Crippen LogP contribution in [0, 0.1) is 0 Å². The molecule has 3 aromatic carbocycles. The minimum absolute atomic E-state index is 0.0749. The predicted octanol–water partition coefficient (Wildman–Crippen LogP) is 5.33. The Morgan fingerprint density at radius 2 is 1.61 bits per heavy atom. The average molecular weight is 576 g/mol. The largest absolute Gasteiger partial charge is 0.466 e. The summed E-state index contributed by atoms with van der Waals surface area (Å²) in [5, 5.41) is 7.40.